The van der Waals surface area contributed by atoms with E-state index in [4.69, 9.17) is 16.3 Å². The summed E-state index contributed by atoms with van der Waals surface area (Å²) in [4.78, 5) is 14.5. The van der Waals surface area contributed by atoms with Crippen LogP contribution >= 0.6 is 11.6 Å². The van der Waals surface area contributed by atoms with Gasteiger partial charge < -0.3 is 4.74 Å². The SMILES string of the molecule is O=C1c2c(S(=O)(=O)C(F)F)ccc(Oc3cncc(Cl)c3)c2CC1(F)F. The second-order valence-electron chi connectivity index (χ2n) is 5.37. The topological polar surface area (TPSA) is 73.3 Å². The van der Waals surface area contributed by atoms with E-state index in [-0.39, 0.29) is 16.5 Å². The quantitative estimate of drug-likeness (QED) is 0.716. The van der Waals surface area contributed by atoms with E-state index in [0.717, 1.165) is 6.07 Å². The Hall–Kier alpha value is -2.20. The maximum atomic E-state index is 13.9. The number of halogens is 5. The van der Waals surface area contributed by atoms with Gasteiger partial charge in [-0.1, -0.05) is 11.6 Å². The maximum absolute atomic E-state index is 13.9. The number of hydrogen-bond acceptors (Lipinski definition) is 5. The van der Waals surface area contributed by atoms with Gasteiger partial charge in [0.25, 0.3) is 0 Å². The van der Waals surface area contributed by atoms with Gasteiger partial charge in [-0.3, -0.25) is 9.78 Å². The number of Topliss-reactive ketones (excluding diaryl/α,β-unsaturated/α-hetero) is 1. The van der Waals surface area contributed by atoms with Crippen LogP contribution in [0.4, 0.5) is 17.6 Å². The first-order valence-electron chi connectivity index (χ1n) is 6.93. The Kier molecular flexibility index (Phi) is 4.43. The van der Waals surface area contributed by atoms with Crippen molar-refractivity contribution in [1.82, 2.24) is 4.98 Å². The van der Waals surface area contributed by atoms with E-state index >= 15 is 0 Å². The number of sulfone groups is 1. The van der Waals surface area contributed by atoms with Gasteiger partial charge in [0.05, 0.1) is 16.1 Å². The number of alkyl halides is 4. The van der Waals surface area contributed by atoms with Crippen LogP contribution in [0.5, 0.6) is 11.5 Å². The molecule has 11 heteroatoms. The molecule has 5 nitrogen and oxygen atoms in total. The molecule has 0 amide bonds. The molecule has 0 radical (unpaired) electrons. The Morgan fingerprint density at radius 3 is 2.54 bits per heavy atom. The maximum Gasteiger partial charge on any atom is 0.341 e. The fourth-order valence-corrected chi connectivity index (χ4v) is 3.63. The van der Waals surface area contributed by atoms with Crippen molar-refractivity contribution < 1.29 is 35.5 Å². The molecule has 1 aliphatic rings. The van der Waals surface area contributed by atoms with Crippen LogP contribution in [0.2, 0.25) is 5.02 Å². The summed E-state index contributed by atoms with van der Waals surface area (Å²) in [6, 6.07) is 2.89. The molecule has 0 bridgehead atoms. The Bertz CT molecular complexity index is 1010. The normalized spacial score (nSPS) is 16.0. The predicted molar refractivity (Wildman–Crippen MR) is 81.9 cm³/mol. The van der Waals surface area contributed by atoms with Crippen LogP contribution in [0.3, 0.4) is 0 Å². The fourth-order valence-electron chi connectivity index (χ4n) is 2.52. The molecule has 0 fully saturated rings. The standard InChI is InChI=1S/C15H8ClF4NO4S/c16-7-3-8(6-21-5-7)25-10-1-2-11(26(23,24)14(17)18)12-9(10)4-15(19,20)13(12)22/h1-3,5-6,14H,4H2. The molecule has 1 aliphatic carbocycles. The van der Waals surface area contributed by atoms with E-state index < -0.39 is 49.7 Å². The third-order valence-electron chi connectivity index (χ3n) is 3.64. The number of carbonyl (C=O) groups excluding carboxylic acids is 1. The number of ketones is 1. The first-order valence-corrected chi connectivity index (χ1v) is 8.85. The van der Waals surface area contributed by atoms with Gasteiger partial charge in [-0.25, -0.2) is 8.42 Å². The molecule has 0 spiro atoms. The Morgan fingerprint density at radius 2 is 1.92 bits per heavy atom. The van der Waals surface area contributed by atoms with E-state index in [9.17, 15) is 30.8 Å². The van der Waals surface area contributed by atoms with Gasteiger partial charge in [-0.2, -0.15) is 17.6 Å². The van der Waals surface area contributed by atoms with Crippen molar-refractivity contribution in [2.45, 2.75) is 23.0 Å². The molecule has 0 atom stereocenters. The van der Waals surface area contributed by atoms with Crippen molar-refractivity contribution in [3.8, 4) is 11.5 Å². The lowest BCUT2D eigenvalue weighted by Crippen LogP contribution is -2.25. The number of ether oxygens (including phenoxy) is 1. The van der Waals surface area contributed by atoms with Gasteiger partial charge in [-0.05, 0) is 12.1 Å². The van der Waals surface area contributed by atoms with E-state index in [1.54, 1.807) is 0 Å². The van der Waals surface area contributed by atoms with Crippen LogP contribution in [-0.2, 0) is 16.3 Å². The van der Waals surface area contributed by atoms with Crippen molar-refractivity contribution in [2.24, 2.45) is 0 Å². The summed E-state index contributed by atoms with van der Waals surface area (Å²) < 4.78 is 82.2. The van der Waals surface area contributed by atoms with E-state index in [1.165, 1.54) is 18.5 Å². The molecule has 0 saturated carbocycles. The van der Waals surface area contributed by atoms with Gasteiger partial charge in [0, 0.05) is 29.8 Å². The molecule has 0 unspecified atom stereocenters. The van der Waals surface area contributed by atoms with Crippen LogP contribution in [0.25, 0.3) is 0 Å². The van der Waals surface area contributed by atoms with Crippen molar-refractivity contribution >= 4 is 27.2 Å². The summed E-state index contributed by atoms with van der Waals surface area (Å²) >= 11 is 5.74. The predicted octanol–water partition coefficient (Wildman–Crippen LogP) is 3.90. The zero-order valence-electron chi connectivity index (χ0n) is 12.5. The van der Waals surface area contributed by atoms with Crippen molar-refractivity contribution in [3.63, 3.8) is 0 Å². The fraction of sp³-hybridized carbons (Fsp3) is 0.200. The molecular formula is C15H8ClF4NO4S. The average molecular weight is 410 g/mol. The van der Waals surface area contributed by atoms with Crippen molar-refractivity contribution in [2.75, 3.05) is 0 Å². The second kappa shape index (κ2) is 6.20. The third kappa shape index (κ3) is 3.03. The van der Waals surface area contributed by atoms with E-state index in [1.807, 2.05) is 0 Å². The molecule has 1 aromatic carbocycles. The average Bonchev–Trinajstić information content (AvgIpc) is 2.78. The van der Waals surface area contributed by atoms with Gasteiger partial charge in [0.15, 0.2) is 0 Å². The second-order valence-corrected chi connectivity index (χ2v) is 7.69. The van der Waals surface area contributed by atoms with Gasteiger partial charge in [-0.15, -0.1) is 0 Å². The Morgan fingerprint density at radius 1 is 1.23 bits per heavy atom. The summed E-state index contributed by atoms with van der Waals surface area (Å²) in [5.41, 5.74) is -1.45. The van der Waals surface area contributed by atoms with E-state index in [2.05, 4.69) is 4.98 Å². The minimum absolute atomic E-state index is 0.0341. The van der Waals surface area contributed by atoms with Gasteiger partial charge >= 0.3 is 11.7 Å². The highest BCUT2D eigenvalue weighted by molar-refractivity contribution is 7.91. The summed E-state index contributed by atoms with van der Waals surface area (Å²) in [6.45, 7) is 0. The first-order chi connectivity index (χ1) is 12.0. The zero-order chi connectivity index (χ0) is 19.3. The lowest BCUT2D eigenvalue weighted by Gasteiger charge is -2.13. The van der Waals surface area contributed by atoms with Crippen molar-refractivity contribution in [3.05, 3.63) is 46.7 Å². The smallest absolute Gasteiger partial charge is 0.341 e. The number of nitrogens with zero attached hydrogens (tertiary/aromatic N) is 1. The van der Waals surface area contributed by atoms with Crippen LogP contribution < -0.4 is 4.74 Å². The number of fused-ring (bicyclic) bond motifs is 1. The molecule has 26 heavy (non-hydrogen) atoms. The minimum Gasteiger partial charge on any atom is -0.455 e. The highest BCUT2D eigenvalue weighted by Gasteiger charge is 2.51. The monoisotopic (exact) mass is 409 g/mol. The molecule has 3 rings (SSSR count). The number of pyridine rings is 1. The minimum atomic E-state index is -5.26. The molecule has 0 aliphatic heterocycles. The zero-order valence-corrected chi connectivity index (χ0v) is 14.1. The van der Waals surface area contributed by atoms with E-state index in [0.29, 0.717) is 6.07 Å². The molecule has 0 saturated heterocycles. The Labute approximate surface area is 149 Å². The van der Waals surface area contributed by atoms with Gasteiger partial charge in [0.2, 0.25) is 15.6 Å². The summed E-state index contributed by atoms with van der Waals surface area (Å²) in [6.07, 6.45) is 1.32. The highest BCUT2D eigenvalue weighted by Crippen LogP contribution is 2.44. The third-order valence-corrected chi connectivity index (χ3v) is 5.27. The molecular weight excluding hydrogens is 402 g/mol. The van der Waals surface area contributed by atoms with Crippen LogP contribution in [0.1, 0.15) is 15.9 Å². The molecule has 1 aromatic heterocycles. The lowest BCUT2D eigenvalue weighted by atomic mass is 10.1. The summed E-state index contributed by atoms with van der Waals surface area (Å²) in [5.74, 6) is -9.88. The number of aromatic nitrogens is 1. The van der Waals surface area contributed by atoms with Crippen LogP contribution in [0, 0.1) is 0 Å². The number of benzene rings is 1. The highest BCUT2D eigenvalue weighted by atomic mass is 35.5. The van der Waals surface area contributed by atoms with Crippen LogP contribution in [-0.4, -0.2) is 30.9 Å². The summed E-state index contributed by atoms with van der Waals surface area (Å²) in [5, 5.41) is 0.178. The molecule has 138 valence electrons. The van der Waals surface area contributed by atoms with Crippen LogP contribution in [0.15, 0.2) is 35.5 Å². The first kappa shape index (κ1) is 18.6. The van der Waals surface area contributed by atoms with Crippen molar-refractivity contribution in [1.29, 1.82) is 0 Å². The lowest BCUT2D eigenvalue weighted by molar-refractivity contribution is 0.0165. The largest absolute Gasteiger partial charge is 0.455 e. The molecule has 1 heterocycles. The number of carbonyl (C=O) groups is 1. The summed E-state index contributed by atoms with van der Waals surface area (Å²) in [7, 11) is -5.26. The Balaban J connectivity index is 2.18. The van der Waals surface area contributed by atoms with Gasteiger partial charge in [0.1, 0.15) is 11.5 Å². The number of hydrogen-bond donors (Lipinski definition) is 0. The number of rotatable bonds is 4. The molecule has 0 N–H and O–H groups in total. The molecule has 2 aromatic rings.